The minimum absolute atomic E-state index is 0.141. The first kappa shape index (κ1) is 25.4. The van der Waals surface area contributed by atoms with Crippen LogP contribution in [0.2, 0.25) is 0 Å². The summed E-state index contributed by atoms with van der Waals surface area (Å²) in [4.78, 5) is 26.1. The van der Waals surface area contributed by atoms with Crippen LogP contribution in [-0.2, 0) is 0 Å². The molecule has 1 aliphatic rings. The summed E-state index contributed by atoms with van der Waals surface area (Å²) in [5.41, 5.74) is 3.23. The first-order chi connectivity index (χ1) is 18.3. The molecule has 0 aromatic carbocycles. The normalized spacial score (nSPS) is 12.7. The monoisotopic (exact) mass is 532 g/mol. The van der Waals surface area contributed by atoms with Crippen molar-refractivity contribution in [3.05, 3.63) is 64.3 Å². The van der Waals surface area contributed by atoms with Crippen LogP contribution >= 0.6 is 11.3 Å². The van der Waals surface area contributed by atoms with Crippen LogP contribution in [-0.4, -0.2) is 38.2 Å². The molecule has 38 heavy (non-hydrogen) atoms. The number of aryl methyl sites for hydroxylation is 2. The third-order valence-electron chi connectivity index (χ3n) is 5.75. The number of nitrogens with one attached hydrogen (secondary N) is 1. The van der Waals surface area contributed by atoms with Gasteiger partial charge in [-0.1, -0.05) is 17.3 Å². The van der Waals surface area contributed by atoms with Crippen LogP contribution in [0.1, 0.15) is 51.7 Å². The molecule has 4 aromatic heterocycles. The number of hydrogen-bond acceptors (Lipinski definition) is 8. The Kier molecular flexibility index (Phi) is 7.07. The quantitative estimate of drug-likeness (QED) is 0.321. The number of rotatable bonds is 6. The van der Waals surface area contributed by atoms with Crippen LogP contribution in [0.4, 0.5) is 13.9 Å². The maximum atomic E-state index is 13.6. The van der Waals surface area contributed by atoms with Crippen molar-refractivity contribution in [3.63, 3.8) is 0 Å². The first-order valence-electron chi connectivity index (χ1n) is 11.7. The van der Waals surface area contributed by atoms with Crippen LogP contribution in [0.15, 0.2) is 36.7 Å². The zero-order chi connectivity index (χ0) is 26.8. The molecule has 1 aliphatic carbocycles. The van der Waals surface area contributed by atoms with Gasteiger partial charge in [0, 0.05) is 40.2 Å². The molecule has 0 atom stereocenters. The van der Waals surface area contributed by atoms with E-state index in [0.29, 0.717) is 22.2 Å². The predicted octanol–water partition coefficient (Wildman–Crippen LogP) is 5.63. The second kappa shape index (κ2) is 10.6. The Morgan fingerprint density at radius 1 is 1.08 bits per heavy atom. The maximum absolute atomic E-state index is 13.6. The summed E-state index contributed by atoms with van der Waals surface area (Å²) in [6.07, 6.45) is 1.99. The third kappa shape index (κ3) is 5.65. The number of methoxy groups -OCH3 is 1. The lowest BCUT2D eigenvalue weighted by molar-refractivity contribution is 0.102. The van der Waals surface area contributed by atoms with Gasteiger partial charge in [-0.25, -0.2) is 8.78 Å². The SMILES string of the molecule is COc1cnc(C(F)F)cc1-c1cc(-c2cc(C)nc(C)c2)ncc1C(=O)Nc1nnc(C#CC2CC2)s1. The number of hydrogen-bond donors (Lipinski definition) is 1. The Morgan fingerprint density at radius 2 is 1.84 bits per heavy atom. The van der Waals surface area contributed by atoms with Crippen LogP contribution in [0, 0.1) is 31.6 Å². The lowest BCUT2D eigenvalue weighted by Gasteiger charge is -2.15. The van der Waals surface area contributed by atoms with Gasteiger partial charge >= 0.3 is 0 Å². The molecule has 0 unspecified atom stereocenters. The van der Waals surface area contributed by atoms with Crippen molar-refractivity contribution < 1.29 is 18.3 Å². The van der Waals surface area contributed by atoms with Crippen molar-refractivity contribution in [2.75, 3.05) is 12.4 Å². The van der Waals surface area contributed by atoms with Gasteiger partial charge in [0.1, 0.15) is 11.4 Å². The van der Waals surface area contributed by atoms with Gasteiger partial charge in [-0.2, -0.15) is 0 Å². The fourth-order valence-corrected chi connectivity index (χ4v) is 4.43. The van der Waals surface area contributed by atoms with E-state index in [1.54, 1.807) is 6.07 Å². The average molecular weight is 533 g/mol. The molecule has 8 nitrogen and oxygen atoms in total. The van der Waals surface area contributed by atoms with E-state index in [1.807, 2.05) is 26.0 Å². The number of anilines is 1. The largest absolute Gasteiger partial charge is 0.494 e. The van der Waals surface area contributed by atoms with E-state index < -0.39 is 18.0 Å². The summed E-state index contributed by atoms with van der Waals surface area (Å²) < 4.78 is 32.6. The molecule has 0 aliphatic heterocycles. The molecule has 192 valence electrons. The molecule has 11 heteroatoms. The standard InChI is InChI=1S/C27H22F2N6O2S/c1-14-8-17(9-15(2)32-14)21-10-18(19-11-22(25(28)29)31-13-23(19)37-3)20(12-30-21)26(36)33-27-35-34-24(38-27)7-6-16-4-5-16/h8-13,16,25H,4-5H2,1-3H3,(H,33,35,36). The van der Waals surface area contributed by atoms with E-state index in [2.05, 4.69) is 42.3 Å². The second-order valence-electron chi connectivity index (χ2n) is 8.77. The van der Waals surface area contributed by atoms with Gasteiger partial charge in [0.05, 0.1) is 24.6 Å². The van der Waals surface area contributed by atoms with Crippen LogP contribution in [0.5, 0.6) is 5.75 Å². The van der Waals surface area contributed by atoms with Crippen molar-refractivity contribution in [2.24, 2.45) is 5.92 Å². The van der Waals surface area contributed by atoms with Crippen molar-refractivity contribution in [2.45, 2.75) is 33.1 Å². The number of ether oxygens (including phenoxy) is 1. The highest BCUT2D eigenvalue weighted by atomic mass is 32.1. The van der Waals surface area contributed by atoms with Crippen LogP contribution < -0.4 is 10.1 Å². The van der Waals surface area contributed by atoms with Gasteiger partial charge < -0.3 is 4.74 Å². The molecular weight excluding hydrogens is 510 g/mol. The lowest BCUT2D eigenvalue weighted by Crippen LogP contribution is -2.14. The zero-order valence-corrected chi connectivity index (χ0v) is 21.6. The molecule has 4 aromatic rings. The van der Waals surface area contributed by atoms with Gasteiger partial charge in [0.2, 0.25) is 5.13 Å². The minimum Gasteiger partial charge on any atom is -0.494 e. The highest BCUT2D eigenvalue weighted by Gasteiger charge is 2.22. The summed E-state index contributed by atoms with van der Waals surface area (Å²) in [7, 11) is 1.41. The van der Waals surface area contributed by atoms with Crippen molar-refractivity contribution in [3.8, 4) is 40.0 Å². The Balaban J connectivity index is 1.58. The van der Waals surface area contributed by atoms with Gasteiger partial charge in [-0.3, -0.25) is 25.1 Å². The van der Waals surface area contributed by atoms with Crippen molar-refractivity contribution in [1.29, 1.82) is 0 Å². The Labute approximate surface area is 221 Å². The smallest absolute Gasteiger partial charge is 0.280 e. The fraction of sp³-hybridized carbons (Fsp3) is 0.259. The molecule has 1 fully saturated rings. The Morgan fingerprint density at radius 3 is 2.53 bits per heavy atom. The summed E-state index contributed by atoms with van der Waals surface area (Å²) in [5.74, 6) is 6.19. The van der Waals surface area contributed by atoms with Gasteiger partial charge in [0.25, 0.3) is 12.3 Å². The van der Waals surface area contributed by atoms with E-state index in [9.17, 15) is 13.6 Å². The zero-order valence-electron chi connectivity index (χ0n) is 20.7. The molecule has 1 saturated carbocycles. The summed E-state index contributed by atoms with van der Waals surface area (Å²) in [5, 5.41) is 11.5. The summed E-state index contributed by atoms with van der Waals surface area (Å²) >= 11 is 1.16. The molecule has 0 radical (unpaired) electrons. The molecule has 0 bridgehead atoms. The molecule has 4 heterocycles. The summed E-state index contributed by atoms with van der Waals surface area (Å²) in [6, 6.07) is 6.61. The molecule has 1 N–H and O–H groups in total. The summed E-state index contributed by atoms with van der Waals surface area (Å²) in [6.45, 7) is 3.73. The van der Waals surface area contributed by atoms with E-state index in [4.69, 9.17) is 4.74 Å². The molecule has 1 amide bonds. The van der Waals surface area contributed by atoms with E-state index >= 15 is 0 Å². The van der Waals surface area contributed by atoms with Crippen molar-refractivity contribution >= 4 is 22.4 Å². The highest BCUT2D eigenvalue weighted by Crippen LogP contribution is 2.37. The lowest BCUT2D eigenvalue weighted by atomic mass is 9.97. The van der Waals surface area contributed by atoms with Gasteiger partial charge in [0.15, 0.2) is 5.01 Å². The molecular formula is C27H22F2N6O2S. The number of amides is 1. The van der Waals surface area contributed by atoms with Gasteiger partial charge in [-0.15, -0.1) is 10.2 Å². The number of aromatic nitrogens is 5. The topological polar surface area (TPSA) is 103 Å². The molecule has 0 saturated heterocycles. The fourth-order valence-electron chi connectivity index (χ4n) is 3.83. The predicted molar refractivity (Wildman–Crippen MR) is 139 cm³/mol. The maximum Gasteiger partial charge on any atom is 0.280 e. The molecule has 0 spiro atoms. The number of carbonyl (C=O) groups excluding carboxylic acids is 1. The number of halogens is 2. The Hall–Kier alpha value is -4.30. The second-order valence-corrected chi connectivity index (χ2v) is 9.75. The van der Waals surface area contributed by atoms with Gasteiger partial charge in [-0.05, 0) is 56.9 Å². The third-order valence-corrected chi connectivity index (χ3v) is 6.51. The minimum atomic E-state index is -2.81. The van der Waals surface area contributed by atoms with E-state index in [1.165, 1.54) is 25.6 Å². The Bertz CT molecular complexity index is 1570. The number of carbonyl (C=O) groups is 1. The number of alkyl halides is 2. The number of pyridine rings is 3. The van der Waals surface area contributed by atoms with Crippen LogP contribution in [0.25, 0.3) is 22.4 Å². The average Bonchev–Trinajstić information content (AvgIpc) is 3.63. The van der Waals surface area contributed by atoms with E-state index in [0.717, 1.165) is 41.1 Å². The van der Waals surface area contributed by atoms with E-state index in [-0.39, 0.29) is 22.0 Å². The van der Waals surface area contributed by atoms with Crippen molar-refractivity contribution in [1.82, 2.24) is 25.1 Å². The first-order valence-corrected chi connectivity index (χ1v) is 12.6. The molecule has 5 rings (SSSR count). The van der Waals surface area contributed by atoms with Crippen LogP contribution in [0.3, 0.4) is 0 Å². The number of nitrogens with zero attached hydrogens (tertiary/aromatic N) is 5. The highest BCUT2D eigenvalue weighted by molar-refractivity contribution is 7.15.